The molecule has 4 saturated carbocycles. The van der Waals surface area contributed by atoms with Crippen LogP contribution in [0.2, 0.25) is 0 Å². The predicted molar refractivity (Wildman–Crippen MR) is 132 cm³/mol. The van der Waals surface area contributed by atoms with Crippen molar-refractivity contribution in [1.29, 1.82) is 0 Å². The molecule has 0 aromatic heterocycles. The van der Waals surface area contributed by atoms with Crippen LogP contribution in [0.1, 0.15) is 113 Å². The minimum absolute atomic E-state index is 0.0125. The molecule has 0 radical (unpaired) electrons. The van der Waals surface area contributed by atoms with Gasteiger partial charge in [0.2, 0.25) is 0 Å². The first-order valence-electron chi connectivity index (χ1n) is 13.8. The van der Waals surface area contributed by atoms with Crippen LogP contribution in [0.4, 0.5) is 0 Å². The molecule has 0 aliphatic heterocycles. The van der Waals surface area contributed by atoms with Crippen LogP contribution in [0.3, 0.4) is 0 Å². The molecule has 2 heteroatoms. The lowest BCUT2D eigenvalue weighted by Gasteiger charge is -2.63. The van der Waals surface area contributed by atoms with Gasteiger partial charge in [-0.25, -0.2) is 0 Å². The highest BCUT2D eigenvalue weighted by molar-refractivity contribution is 5.25. The van der Waals surface area contributed by atoms with E-state index in [9.17, 15) is 10.2 Å². The first kappa shape index (κ1) is 23.4. The fourth-order valence-electron chi connectivity index (χ4n) is 10.9. The second-order valence-electron chi connectivity index (χ2n) is 14.9. The first-order chi connectivity index (χ1) is 14.8. The third-order valence-corrected chi connectivity index (χ3v) is 12.9. The number of hydrogen-bond acceptors (Lipinski definition) is 2. The summed E-state index contributed by atoms with van der Waals surface area (Å²) in [4.78, 5) is 0. The van der Waals surface area contributed by atoms with Gasteiger partial charge in [-0.15, -0.1) is 0 Å². The summed E-state index contributed by atoms with van der Waals surface area (Å²) in [5, 5.41) is 21.7. The monoisotopic (exact) mass is 442 g/mol. The molecule has 2 N–H and O–H groups in total. The minimum Gasteiger partial charge on any atom is -0.393 e. The van der Waals surface area contributed by atoms with E-state index in [-0.39, 0.29) is 23.0 Å². The molecule has 5 aliphatic carbocycles. The molecular formula is C30H50O2. The Morgan fingerprint density at radius 1 is 0.656 bits per heavy atom. The van der Waals surface area contributed by atoms with Crippen molar-refractivity contribution in [3.8, 4) is 0 Å². The molecule has 182 valence electrons. The fourth-order valence-corrected chi connectivity index (χ4v) is 10.9. The Balaban J connectivity index is 1.50. The fraction of sp³-hybridized carbons (Fsp3) is 0.933. The third kappa shape index (κ3) is 2.96. The highest BCUT2D eigenvalue weighted by atomic mass is 16.3. The van der Waals surface area contributed by atoms with Gasteiger partial charge in [-0.3, -0.25) is 0 Å². The molecule has 2 unspecified atom stereocenters. The van der Waals surface area contributed by atoms with Gasteiger partial charge in [0.25, 0.3) is 0 Å². The molecule has 4 fully saturated rings. The van der Waals surface area contributed by atoms with Crippen LogP contribution in [-0.2, 0) is 0 Å². The van der Waals surface area contributed by atoms with Gasteiger partial charge in [0.05, 0.1) is 12.2 Å². The first-order valence-corrected chi connectivity index (χ1v) is 13.8. The minimum atomic E-state index is -0.156. The molecule has 9 atom stereocenters. The van der Waals surface area contributed by atoms with Crippen molar-refractivity contribution < 1.29 is 10.2 Å². The highest BCUT2D eigenvalue weighted by Crippen LogP contribution is 2.70. The Hall–Kier alpha value is -0.340. The van der Waals surface area contributed by atoms with E-state index in [1.165, 1.54) is 44.9 Å². The molecule has 32 heavy (non-hydrogen) atoms. The topological polar surface area (TPSA) is 40.5 Å². The van der Waals surface area contributed by atoms with E-state index in [1.807, 2.05) is 0 Å². The Kier molecular flexibility index (Phi) is 5.19. The molecule has 0 heterocycles. The summed E-state index contributed by atoms with van der Waals surface area (Å²) in [7, 11) is 0. The molecule has 0 bridgehead atoms. The quantitative estimate of drug-likeness (QED) is 0.391. The Morgan fingerprint density at radius 2 is 1.25 bits per heavy atom. The zero-order valence-electron chi connectivity index (χ0n) is 22.0. The van der Waals surface area contributed by atoms with Crippen LogP contribution in [0, 0.1) is 50.7 Å². The van der Waals surface area contributed by atoms with E-state index in [0.29, 0.717) is 34.0 Å². The molecule has 5 aliphatic rings. The summed E-state index contributed by atoms with van der Waals surface area (Å²) in [5.41, 5.74) is 2.91. The average molecular weight is 443 g/mol. The molecule has 0 amide bonds. The molecule has 5 rings (SSSR count). The number of rotatable bonds is 0. The van der Waals surface area contributed by atoms with Gasteiger partial charge in [-0.05, 0) is 115 Å². The smallest absolute Gasteiger partial charge is 0.0594 e. The van der Waals surface area contributed by atoms with Crippen LogP contribution in [0.15, 0.2) is 11.6 Å². The lowest BCUT2D eigenvalue weighted by Crippen LogP contribution is -2.58. The summed E-state index contributed by atoms with van der Waals surface area (Å²) < 4.78 is 0. The molecular weight excluding hydrogens is 392 g/mol. The summed E-state index contributed by atoms with van der Waals surface area (Å²) in [6.07, 6.45) is 14.4. The van der Waals surface area contributed by atoms with Crippen molar-refractivity contribution in [2.45, 2.75) is 125 Å². The Bertz CT molecular complexity index is 795. The number of fused-ring (bicyclic) bond motifs is 6. The van der Waals surface area contributed by atoms with Gasteiger partial charge in [-0.2, -0.15) is 0 Å². The van der Waals surface area contributed by atoms with Gasteiger partial charge in [0.1, 0.15) is 0 Å². The zero-order chi connectivity index (χ0) is 23.3. The Labute approximate surface area is 197 Å². The van der Waals surface area contributed by atoms with Crippen molar-refractivity contribution in [3.05, 3.63) is 11.6 Å². The molecule has 0 aromatic carbocycles. The van der Waals surface area contributed by atoms with Crippen molar-refractivity contribution in [2.24, 2.45) is 50.7 Å². The van der Waals surface area contributed by atoms with Crippen LogP contribution < -0.4 is 0 Å². The summed E-state index contributed by atoms with van der Waals surface area (Å²) in [6.45, 7) is 17.2. The lowest BCUT2D eigenvalue weighted by atomic mass is 9.42. The van der Waals surface area contributed by atoms with E-state index in [4.69, 9.17) is 0 Å². The number of aliphatic hydroxyl groups is 2. The normalized spacial score (nSPS) is 54.2. The van der Waals surface area contributed by atoms with E-state index in [2.05, 4.69) is 54.5 Å². The maximum absolute atomic E-state index is 10.9. The van der Waals surface area contributed by atoms with Crippen molar-refractivity contribution in [1.82, 2.24) is 0 Å². The summed E-state index contributed by atoms with van der Waals surface area (Å²) in [6, 6.07) is 0. The average Bonchev–Trinajstić information content (AvgIpc) is 2.86. The maximum Gasteiger partial charge on any atom is 0.0594 e. The van der Waals surface area contributed by atoms with Crippen LogP contribution >= 0.6 is 0 Å². The molecule has 2 nitrogen and oxygen atoms in total. The van der Waals surface area contributed by atoms with E-state index < -0.39 is 0 Å². The van der Waals surface area contributed by atoms with Crippen molar-refractivity contribution >= 4 is 0 Å². The predicted octanol–water partition coefficient (Wildman–Crippen LogP) is 7.14. The molecule has 0 saturated heterocycles. The highest BCUT2D eigenvalue weighted by Gasteiger charge is 2.63. The molecule has 0 spiro atoms. The van der Waals surface area contributed by atoms with Gasteiger partial charge in [-0.1, -0.05) is 60.1 Å². The SMILES string of the molecule is CC1(C)C(O)CC[C@@]2(C)[C@H]1CC[C@@]1(C)CC3=CC[C@H]4C(C)(C)C(O)CC[C@]4(C)[C@H]3CC[C@@H]12. The second kappa shape index (κ2) is 7.09. The third-order valence-electron chi connectivity index (χ3n) is 12.9. The van der Waals surface area contributed by atoms with Gasteiger partial charge in [0.15, 0.2) is 0 Å². The maximum atomic E-state index is 10.9. The largest absolute Gasteiger partial charge is 0.393 e. The van der Waals surface area contributed by atoms with E-state index >= 15 is 0 Å². The van der Waals surface area contributed by atoms with Crippen LogP contribution in [0.5, 0.6) is 0 Å². The summed E-state index contributed by atoms with van der Waals surface area (Å²) in [5.74, 6) is 2.68. The van der Waals surface area contributed by atoms with Crippen molar-refractivity contribution in [2.75, 3.05) is 0 Å². The van der Waals surface area contributed by atoms with Gasteiger partial charge >= 0.3 is 0 Å². The lowest BCUT2D eigenvalue weighted by molar-refractivity contribution is -0.170. The van der Waals surface area contributed by atoms with Gasteiger partial charge < -0.3 is 10.2 Å². The standard InChI is InChI=1S/C30H50O2/c1-26(2)21-10-8-19-18-28(5)15-12-22-27(3,4)25(32)14-17-30(22,7)23(28)11-9-20(19)29(21,6)16-13-24(26)31/h8,20-25,31-32H,9-18H2,1-7H3/t20-,21-,22-,23-,24?,25?,28-,29+,30-/m0/s1. The zero-order valence-corrected chi connectivity index (χ0v) is 22.0. The van der Waals surface area contributed by atoms with E-state index in [1.54, 1.807) is 5.57 Å². The Morgan fingerprint density at radius 3 is 1.91 bits per heavy atom. The van der Waals surface area contributed by atoms with Gasteiger partial charge in [0, 0.05) is 0 Å². The second-order valence-corrected chi connectivity index (χ2v) is 14.9. The number of hydrogen-bond donors (Lipinski definition) is 2. The van der Waals surface area contributed by atoms with Crippen LogP contribution in [-0.4, -0.2) is 22.4 Å². The number of allylic oxidation sites excluding steroid dienone is 2. The van der Waals surface area contributed by atoms with E-state index in [0.717, 1.165) is 25.2 Å². The molecule has 0 aromatic rings. The number of aliphatic hydroxyl groups excluding tert-OH is 2. The van der Waals surface area contributed by atoms with Crippen molar-refractivity contribution in [3.63, 3.8) is 0 Å². The van der Waals surface area contributed by atoms with Crippen LogP contribution in [0.25, 0.3) is 0 Å². The summed E-state index contributed by atoms with van der Waals surface area (Å²) >= 11 is 0.